The summed E-state index contributed by atoms with van der Waals surface area (Å²) in [5, 5.41) is 25.5. The number of ether oxygens (including phenoxy) is 1. The molecule has 0 spiro atoms. The zero-order valence-corrected chi connectivity index (χ0v) is 29.1. The molecule has 12 nitrogen and oxygen atoms in total. The Morgan fingerprint density at radius 3 is 2.47 bits per heavy atom. The Balaban J connectivity index is 1.34. The van der Waals surface area contributed by atoms with Crippen LogP contribution in [0.5, 0.6) is 0 Å². The van der Waals surface area contributed by atoms with Crippen molar-refractivity contribution in [3.63, 3.8) is 0 Å². The first-order valence-electron chi connectivity index (χ1n) is 16.6. The van der Waals surface area contributed by atoms with Crippen LogP contribution in [-0.2, 0) is 4.74 Å². The van der Waals surface area contributed by atoms with Crippen LogP contribution in [0.25, 0.3) is 22.5 Å². The first-order valence-corrected chi connectivity index (χ1v) is 17.0. The van der Waals surface area contributed by atoms with E-state index in [2.05, 4.69) is 25.6 Å². The zero-order valence-electron chi connectivity index (χ0n) is 28.4. The number of carbonyl (C=O) groups excluding carboxylic acids is 2. The van der Waals surface area contributed by atoms with E-state index >= 15 is 0 Å². The molecule has 4 N–H and O–H groups in total. The number of aromatic amines is 1. The lowest BCUT2D eigenvalue weighted by molar-refractivity contribution is -0.164. The Morgan fingerprint density at radius 2 is 1.86 bits per heavy atom. The van der Waals surface area contributed by atoms with Gasteiger partial charge in [-0.1, -0.05) is 50.6 Å². The van der Waals surface area contributed by atoms with E-state index in [1.807, 2.05) is 37.0 Å². The molecule has 2 aliphatic carbocycles. The number of guanidine groups is 1. The summed E-state index contributed by atoms with van der Waals surface area (Å²) in [4.78, 5) is 32.7. The predicted molar refractivity (Wildman–Crippen MR) is 184 cm³/mol. The lowest BCUT2D eigenvalue weighted by atomic mass is 9.92. The minimum absolute atomic E-state index is 0.0920. The van der Waals surface area contributed by atoms with Gasteiger partial charge >= 0.3 is 12.3 Å². The Morgan fingerprint density at radius 1 is 1.14 bits per heavy atom. The van der Waals surface area contributed by atoms with Gasteiger partial charge in [0.2, 0.25) is 0 Å². The first kappa shape index (κ1) is 35.9. The van der Waals surface area contributed by atoms with Crippen LogP contribution in [0.2, 0.25) is 5.02 Å². The maximum absolute atomic E-state index is 14.5. The van der Waals surface area contributed by atoms with Gasteiger partial charge in [0.05, 0.1) is 23.3 Å². The average molecular weight is 726 g/mol. The van der Waals surface area contributed by atoms with E-state index in [9.17, 15) is 22.8 Å². The van der Waals surface area contributed by atoms with Crippen molar-refractivity contribution in [3.05, 3.63) is 77.3 Å². The Kier molecular flexibility index (Phi) is 9.86. The molecule has 4 aromatic rings. The van der Waals surface area contributed by atoms with E-state index in [-0.39, 0.29) is 29.8 Å². The summed E-state index contributed by atoms with van der Waals surface area (Å²) in [6.45, 7) is 5.86. The van der Waals surface area contributed by atoms with Gasteiger partial charge in [0.1, 0.15) is 18.5 Å². The Labute approximate surface area is 297 Å². The molecule has 2 amide bonds. The number of halogens is 4. The smallest absolute Gasteiger partial charge is 0.411 e. The largest absolute Gasteiger partial charge is 0.447 e. The van der Waals surface area contributed by atoms with Crippen LogP contribution in [0.1, 0.15) is 80.9 Å². The van der Waals surface area contributed by atoms with Gasteiger partial charge in [0.15, 0.2) is 11.8 Å². The molecule has 2 aromatic heterocycles. The summed E-state index contributed by atoms with van der Waals surface area (Å²) in [7, 11) is 0. The number of nitrogens with zero attached hydrogens (tertiary/aromatic N) is 5. The van der Waals surface area contributed by atoms with Gasteiger partial charge in [-0.15, -0.1) is 0 Å². The van der Waals surface area contributed by atoms with Crippen molar-refractivity contribution < 1.29 is 27.5 Å². The first-order chi connectivity index (χ1) is 24.1. The normalized spacial score (nSPS) is 15.9. The number of hydrogen-bond acceptors (Lipinski definition) is 7. The number of rotatable bonds is 11. The summed E-state index contributed by atoms with van der Waals surface area (Å²) in [5.41, 5.74) is 0.288. The maximum Gasteiger partial charge on any atom is 0.411 e. The fourth-order valence-electron chi connectivity index (χ4n) is 5.59. The van der Waals surface area contributed by atoms with Crippen LogP contribution in [0.4, 0.5) is 18.0 Å². The second-order valence-electron chi connectivity index (χ2n) is 14.2. The SMILES string of the molecule is CC(C)(C)CCNC(=N)N(C(=O)c1ccc(-c2cnn(C3CC3)c2)cc1)[C@H](COC(=O)NC1(C(F)(F)F)CC1)c1ccc(Cl)c(-c2ncn[nH]2)c1. The molecule has 0 saturated heterocycles. The van der Waals surface area contributed by atoms with E-state index < -0.39 is 36.4 Å². The van der Waals surface area contributed by atoms with Crippen LogP contribution in [0.3, 0.4) is 0 Å². The molecule has 2 heterocycles. The van der Waals surface area contributed by atoms with E-state index in [4.69, 9.17) is 21.7 Å². The van der Waals surface area contributed by atoms with Crippen LogP contribution in [-0.4, -0.2) is 72.7 Å². The molecular weight excluding hydrogens is 687 g/mol. The molecular formula is C35H39ClF3N9O3. The lowest BCUT2D eigenvalue weighted by Gasteiger charge is -2.33. The van der Waals surface area contributed by atoms with Crippen molar-refractivity contribution in [3.8, 4) is 22.5 Å². The molecule has 0 aliphatic heterocycles. The van der Waals surface area contributed by atoms with E-state index in [0.717, 1.165) is 28.9 Å². The number of nitrogens with one attached hydrogen (secondary N) is 4. The molecule has 0 bridgehead atoms. The monoisotopic (exact) mass is 725 g/mol. The van der Waals surface area contributed by atoms with E-state index in [0.29, 0.717) is 41.0 Å². The summed E-state index contributed by atoms with van der Waals surface area (Å²) < 4.78 is 48.3. The van der Waals surface area contributed by atoms with Crippen molar-refractivity contribution in [1.82, 2.24) is 40.5 Å². The van der Waals surface area contributed by atoms with Crippen molar-refractivity contribution in [2.75, 3.05) is 13.2 Å². The standard InChI is InChI=1S/C35H39ClF3N9O3/c1-33(2,3)14-15-41-31(40)48(30(49)22-6-4-21(5-7-22)24-17-44-47(18-24)25-9-10-25)28(19-51-32(50)45-34(12-13-34)35(37,38)39)23-8-11-27(36)26(16-23)29-42-20-43-46-29/h4-8,11,16-18,20,25,28H,9-10,12-15,19H2,1-3H3,(H2,40,41)(H,45,50)(H,42,43,46)/t28-/m1/s1. The van der Waals surface area contributed by atoms with Crippen molar-refractivity contribution >= 4 is 29.6 Å². The number of alkyl halides is 3. The molecule has 6 rings (SSSR count). The Hall–Kier alpha value is -4.92. The Bertz CT molecular complexity index is 1880. The third kappa shape index (κ3) is 8.35. The number of alkyl carbamates (subject to hydrolysis) is 1. The van der Waals surface area contributed by atoms with Gasteiger partial charge in [0, 0.05) is 29.4 Å². The van der Waals surface area contributed by atoms with Crippen LogP contribution >= 0.6 is 11.6 Å². The average Bonchev–Trinajstić information content (AvgIpc) is 3.96. The lowest BCUT2D eigenvalue weighted by Crippen LogP contribution is -2.50. The predicted octanol–water partition coefficient (Wildman–Crippen LogP) is 7.29. The minimum Gasteiger partial charge on any atom is -0.447 e. The number of aromatic nitrogens is 5. The maximum atomic E-state index is 14.5. The summed E-state index contributed by atoms with van der Waals surface area (Å²) >= 11 is 6.51. The molecule has 2 saturated carbocycles. The number of benzene rings is 2. The minimum atomic E-state index is -4.66. The second kappa shape index (κ2) is 14.0. The van der Waals surface area contributed by atoms with Gasteiger partial charge in [-0.3, -0.25) is 24.9 Å². The molecule has 1 atom stereocenters. The van der Waals surface area contributed by atoms with Crippen LogP contribution < -0.4 is 10.6 Å². The molecule has 270 valence electrons. The van der Waals surface area contributed by atoms with Gasteiger partial charge < -0.3 is 15.4 Å². The van der Waals surface area contributed by atoms with Gasteiger partial charge in [-0.25, -0.2) is 9.78 Å². The van der Waals surface area contributed by atoms with Crippen molar-refractivity contribution in [2.45, 2.75) is 76.7 Å². The third-order valence-corrected chi connectivity index (χ3v) is 9.31. The highest BCUT2D eigenvalue weighted by Crippen LogP contribution is 2.49. The zero-order chi connectivity index (χ0) is 36.6. The van der Waals surface area contributed by atoms with Crippen LogP contribution in [0.15, 0.2) is 61.2 Å². The van der Waals surface area contributed by atoms with Crippen molar-refractivity contribution in [1.29, 1.82) is 5.41 Å². The highest BCUT2D eigenvalue weighted by Gasteiger charge is 2.64. The highest BCUT2D eigenvalue weighted by molar-refractivity contribution is 6.33. The fraction of sp³-hybridized carbons (Fsp3) is 0.429. The van der Waals surface area contributed by atoms with Gasteiger partial charge in [-0.2, -0.15) is 23.4 Å². The quantitative estimate of drug-likeness (QED) is 0.0936. The number of H-pyrrole nitrogens is 1. The number of hydrogen-bond donors (Lipinski definition) is 4. The van der Waals surface area contributed by atoms with Crippen LogP contribution in [0, 0.1) is 10.8 Å². The van der Waals surface area contributed by atoms with Gasteiger partial charge in [-0.05, 0) is 72.9 Å². The molecule has 2 fully saturated rings. The number of amides is 2. The topological polar surface area (TPSA) is 154 Å². The molecule has 2 aromatic carbocycles. The third-order valence-electron chi connectivity index (χ3n) is 8.98. The summed E-state index contributed by atoms with van der Waals surface area (Å²) in [5.74, 6) is -0.585. The fourth-order valence-corrected chi connectivity index (χ4v) is 5.79. The number of carbonyl (C=O) groups is 2. The van der Waals surface area contributed by atoms with Crippen molar-refractivity contribution in [2.24, 2.45) is 5.41 Å². The molecule has 16 heteroatoms. The second-order valence-corrected chi connectivity index (χ2v) is 14.6. The highest BCUT2D eigenvalue weighted by atomic mass is 35.5. The summed E-state index contributed by atoms with van der Waals surface area (Å²) in [6, 6.07) is 10.8. The summed E-state index contributed by atoms with van der Waals surface area (Å²) in [6.07, 6.45) is 1.37. The van der Waals surface area contributed by atoms with Gasteiger partial charge in [0.25, 0.3) is 5.91 Å². The molecule has 0 radical (unpaired) electrons. The van der Waals surface area contributed by atoms with E-state index in [1.54, 1.807) is 48.7 Å². The molecule has 2 aliphatic rings. The molecule has 51 heavy (non-hydrogen) atoms. The molecule has 0 unspecified atom stereocenters. The van der Waals surface area contributed by atoms with E-state index in [1.165, 1.54) is 6.33 Å².